The largest absolute Gasteiger partial charge is 0.493 e. The number of benzene rings is 1. The normalized spacial score (nSPS) is 20.9. The molecule has 0 atom stereocenters. The minimum absolute atomic E-state index is 0.0788. The summed E-state index contributed by atoms with van der Waals surface area (Å²) in [7, 11) is 3.68. The van der Waals surface area contributed by atoms with Crippen molar-refractivity contribution in [2.24, 2.45) is 0 Å². The number of carbonyl (C=O) groups is 1. The van der Waals surface area contributed by atoms with Crippen LogP contribution in [0.25, 0.3) is 0 Å². The van der Waals surface area contributed by atoms with E-state index in [4.69, 9.17) is 9.72 Å². The lowest BCUT2D eigenvalue weighted by Crippen LogP contribution is -2.49. The topological polar surface area (TPSA) is 85.0 Å². The fraction of sp³-hybridized carbons (Fsp3) is 0.621. The van der Waals surface area contributed by atoms with Gasteiger partial charge in [0.2, 0.25) is 11.9 Å². The SMILES string of the molecule is CN1CCCc2c1nc(N1CCC3(CC1)C(=O)N(C)c1cc(OCCCN4CCCCC4)cc(F)c13)[nH]c2=O. The molecule has 0 radical (unpaired) electrons. The maximum absolute atomic E-state index is 15.7. The second-order valence-corrected chi connectivity index (χ2v) is 11.6. The lowest BCUT2D eigenvalue weighted by molar-refractivity contribution is -0.123. The van der Waals surface area contributed by atoms with E-state index >= 15 is 4.39 Å². The number of likely N-dealkylation sites (N-methyl/N-ethyl adjacent to an activating group) is 1. The monoisotopic (exact) mass is 538 g/mol. The Labute approximate surface area is 228 Å². The van der Waals surface area contributed by atoms with Crippen LogP contribution in [-0.2, 0) is 16.6 Å². The number of amides is 1. The summed E-state index contributed by atoms with van der Waals surface area (Å²) in [4.78, 5) is 42.2. The van der Waals surface area contributed by atoms with Gasteiger partial charge >= 0.3 is 0 Å². The number of hydrogen-bond donors (Lipinski definition) is 1. The highest BCUT2D eigenvalue weighted by Gasteiger charge is 2.53. The predicted molar refractivity (Wildman–Crippen MR) is 150 cm³/mol. The van der Waals surface area contributed by atoms with Crippen molar-refractivity contribution < 1.29 is 13.9 Å². The van der Waals surface area contributed by atoms with Gasteiger partial charge < -0.3 is 24.3 Å². The van der Waals surface area contributed by atoms with Gasteiger partial charge in [-0.2, -0.15) is 4.98 Å². The Morgan fingerprint density at radius 1 is 1.03 bits per heavy atom. The lowest BCUT2D eigenvalue weighted by Gasteiger charge is -2.39. The van der Waals surface area contributed by atoms with Crippen LogP contribution in [0, 0.1) is 5.82 Å². The van der Waals surface area contributed by atoms with Crippen LogP contribution in [0.15, 0.2) is 16.9 Å². The lowest BCUT2D eigenvalue weighted by atomic mass is 9.73. The van der Waals surface area contributed by atoms with Gasteiger partial charge in [-0.15, -0.1) is 0 Å². The van der Waals surface area contributed by atoms with Crippen molar-refractivity contribution in [2.75, 3.05) is 74.7 Å². The van der Waals surface area contributed by atoms with Crippen LogP contribution in [-0.4, -0.2) is 80.7 Å². The summed E-state index contributed by atoms with van der Waals surface area (Å²) >= 11 is 0. The number of nitrogens with zero attached hydrogens (tertiary/aromatic N) is 5. The predicted octanol–water partition coefficient (Wildman–Crippen LogP) is 3.06. The number of H-pyrrole nitrogens is 1. The van der Waals surface area contributed by atoms with Gasteiger partial charge in [-0.3, -0.25) is 14.6 Å². The Kier molecular flexibility index (Phi) is 6.99. The maximum atomic E-state index is 15.7. The quantitative estimate of drug-likeness (QED) is 0.566. The van der Waals surface area contributed by atoms with Crippen LogP contribution in [0.4, 0.5) is 21.8 Å². The van der Waals surface area contributed by atoms with Crippen molar-refractivity contribution in [1.82, 2.24) is 14.9 Å². The summed E-state index contributed by atoms with van der Waals surface area (Å²) in [5.41, 5.74) is 0.791. The Morgan fingerprint density at radius 2 is 1.79 bits per heavy atom. The maximum Gasteiger partial charge on any atom is 0.257 e. The number of nitrogens with one attached hydrogen (secondary N) is 1. The van der Waals surface area contributed by atoms with Crippen molar-refractivity contribution in [3.05, 3.63) is 39.4 Å². The molecule has 39 heavy (non-hydrogen) atoms. The van der Waals surface area contributed by atoms with Gasteiger partial charge in [-0.05, 0) is 58.0 Å². The van der Waals surface area contributed by atoms with Crippen molar-refractivity contribution in [2.45, 2.75) is 56.8 Å². The highest BCUT2D eigenvalue weighted by Crippen LogP contribution is 2.50. The molecule has 1 N–H and O–H groups in total. The number of carbonyl (C=O) groups excluding carboxylic acids is 1. The molecule has 2 aromatic rings. The molecule has 4 aliphatic heterocycles. The average Bonchev–Trinajstić information content (AvgIpc) is 3.14. The molecule has 0 saturated carbocycles. The van der Waals surface area contributed by atoms with E-state index in [2.05, 4.69) is 9.88 Å². The van der Waals surface area contributed by atoms with E-state index in [9.17, 15) is 9.59 Å². The molecular formula is C29H39FN6O3. The minimum Gasteiger partial charge on any atom is -0.493 e. The Bertz CT molecular complexity index is 1300. The first-order valence-electron chi connectivity index (χ1n) is 14.4. The van der Waals surface area contributed by atoms with Crippen LogP contribution in [0.5, 0.6) is 5.75 Å². The molecular weight excluding hydrogens is 499 g/mol. The van der Waals surface area contributed by atoms with E-state index in [1.165, 1.54) is 25.3 Å². The molecule has 4 aliphatic rings. The summed E-state index contributed by atoms with van der Waals surface area (Å²) in [6, 6.07) is 3.26. The zero-order chi connectivity index (χ0) is 27.1. The molecule has 0 bridgehead atoms. The highest BCUT2D eigenvalue weighted by molar-refractivity contribution is 6.08. The number of fused-ring (bicyclic) bond motifs is 3. The van der Waals surface area contributed by atoms with Crippen LogP contribution >= 0.6 is 0 Å². The molecule has 1 spiro atoms. The van der Waals surface area contributed by atoms with Crippen LogP contribution in [0.1, 0.15) is 56.1 Å². The number of hydrogen-bond acceptors (Lipinski definition) is 7. The molecule has 9 nitrogen and oxygen atoms in total. The van der Waals surface area contributed by atoms with Crippen molar-refractivity contribution in [3.63, 3.8) is 0 Å². The van der Waals surface area contributed by atoms with Gasteiger partial charge in [0.1, 0.15) is 17.4 Å². The van der Waals surface area contributed by atoms with E-state index in [0.717, 1.165) is 56.8 Å². The fourth-order valence-corrected chi connectivity index (χ4v) is 6.92. The standard InChI is InChI=1S/C29H39FN6O3/c1-33-11-6-8-21-25(33)31-28(32-26(21)37)36-15-9-29(10-16-36)24-22(30)18-20(19-23(24)34(2)27(29)38)39-17-7-14-35-12-4-3-5-13-35/h18-19H,3-17H2,1-2H3,(H,31,32,37). The molecule has 2 fully saturated rings. The molecule has 1 amide bonds. The van der Waals surface area contributed by atoms with E-state index in [1.54, 1.807) is 11.9 Å². The summed E-state index contributed by atoms with van der Waals surface area (Å²) in [6.45, 7) is 5.68. The van der Waals surface area contributed by atoms with Gasteiger partial charge in [-0.1, -0.05) is 6.42 Å². The number of anilines is 3. The van der Waals surface area contributed by atoms with E-state index < -0.39 is 5.41 Å². The molecule has 2 saturated heterocycles. The van der Waals surface area contributed by atoms with Gasteiger partial charge in [0, 0.05) is 58.0 Å². The zero-order valence-electron chi connectivity index (χ0n) is 23.1. The molecule has 210 valence electrons. The number of halogens is 1. The number of aromatic amines is 1. The van der Waals surface area contributed by atoms with Gasteiger partial charge in [-0.25, -0.2) is 4.39 Å². The molecule has 5 heterocycles. The first-order valence-corrected chi connectivity index (χ1v) is 14.4. The fourth-order valence-electron chi connectivity index (χ4n) is 6.92. The third-order valence-electron chi connectivity index (χ3n) is 9.11. The molecule has 1 aromatic heterocycles. The molecule has 0 aliphatic carbocycles. The zero-order valence-corrected chi connectivity index (χ0v) is 23.1. The first kappa shape index (κ1) is 26.1. The Morgan fingerprint density at radius 3 is 2.56 bits per heavy atom. The minimum atomic E-state index is -0.914. The molecule has 0 unspecified atom stereocenters. The van der Waals surface area contributed by atoms with Gasteiger partial charge in [0.05, 0.1) is 23.3 Å². The number of ether oxygens (including phenoxy) is 1. The van der Waals surface area contributed by atoms with Crippen LogP contribution < -0.4 is 25.0 Å². The van der Waals surface area contributed by atoms with E-state index in [0.29, 0.717) is 55.5 Å². The molecule has 6 rings (SSSR count). The third-order valence-corrected chi connectivity index (χ3v) is 9.11. The number of likely N-dealkylation sites (tertiary alicyclic amines) is 1. The second kappa shape index (κ2) is 10.4. The summed E-state index contributed by atoms with van der Waals surface area (Å²) in [5, 5.41) is 0. The smallest absolute Gasteiger partial charge is 0.257 e. The number of rotatable bonds is 6. The van der Waals surface area contributed by atoms with Crippen LogP contribution in [0.3, 0.4) is 0 Å². The van der Waals surface area contributed by atoms with Crippen molar-refractivity contribution >= 4 is 23.4 Å². The van der Waals surface area contributed by atoms with E-state index in [1.807, 2.05) is 22.9 Å². The Balaban J connectivity index is 1.16. The summed E-state index contributed by atoms with van der Waals surface area (Å²) in [5.74, 6) is 1.27. The van der Waals surface area contributed by atoms with Crippen LogP contribution in [0.2, 0.25) is 0 Å². The second-order valence-electron chi connectivity index (χ2n) is 11.6. The average molecular weight is 539 g/mol. The van der Waals surface area contributed by atoms with Crippen molar-refractivity contribution in [3.8, 4) is 5.75 Å². The van der Waals surface area contributed by atoms with E-state index in [-0.39, 0.29) is 17.3 Å². The molecule has 10 heteroatoms. The van der Waals surface area contributed by atoms with Crippen molar-refractivity contribution in [1.29, 1.82) is 0 Å². The molecule has 1 aromatic carbocycles. The Hall–Kier alpha value is -3.14. The van der Waals surface area contributed by atoms with Gasteiger partial charge in [0.15, 0.2) is 0 Å². The summed E-state index contributed by atoms with van der Waals surface area (Å²) < 4.78 is 21.6. The third kappa shape index (κ3) is 4.66. The number of aromatic nitrogens is 2. The highest BCUT2D eigenvalue weighted by atomic mass is 19.1. The number of piperidine rings is 2. The van der Waals surface area contributed by atoms with Gasteiger partial charge in [0.25, 0.3) is 5.56 Å². The summed E-state index contributed by atoms with van der Waals surface area (Å²) in [6.07, 6.45) is 7.29. The first-order chi connectivity index (χ1) is 18.9.